The van der Waals surface area contributed by atoms with Gasteiger partial charge in [-0.1, -0.05) is 44.2 Å². The van der Waals surface area contributed by atoms with Crippen LogP contribution in [0.15, 0.2) is 30.3 Å². The fraction of sp³-hybridized carbons (Fsp3) is 0.471. The minimum Gasteiger partial charge on any atom is -0.353 e. The van der Waals surface area contributed by atoms with E-state index in [2.05, 4.69) is 5.32 Å². The number of hydrogen-bond acceptors (Lipinski definition) is 3. The van der Waals surface area contributed by atoms with Crippen LogP contribution >= 0.6 is 0 Å². The number of hydrogen-bond donors (Lipinski definition) is 1. The summed E-state index contributed by atoms with van der Waals surface area (Å²) >= 11 is 0. The van der Waals surface area contributed by atoms with Gasteiger partial charge in [-0.3, -0.25) is 14.9 Å². The van der Waals surface area contributed by atoms with E-state index in [1.165, 1.54) is 50.3 Å². The van der Waals surface area contributed by atoms with Crippen molar-refractivity contribution in [3.8, 4) is 0 Å². The molecule has 1 fully saturated rings. The van der Waals surface area contributed by atoms with E-state index in [1.54, 1.807) is 18.2 Å². The first-order chi connectivity index (χ1) is 10.7. The highest BCUT2D eigenvalue weighted by Crippen LogP contribution is 2.25. The third kappa shape index (κ3) is 4.98. The van der Waals surface area contributed by atoms with Gasteiger partial charge in [0.1, 0.15) is 0 Å². The first kappa shape index (κ1) is 16.2. The van der Waals surface area contributed by atoms with E-state index in [4.69, 9.17) is 0 Å². The topological polar surface area (TPSA) is 72.2 Å². The normalized spacial score (nSPS) is 15.8. The third-order valence-corrected chi connectivity index (χ3v) is 4.12. The molecule has 0 saturated heterocycles. The molecule has 0 unspecified atom stereocenters. The van der Waals surface area contributed by atoms with Crippen molar-refractivity contribution in [1.29, 1.82) is 0 Å². The van der Waals surface area contributed by atoms with Crippen LogP contribution in [-0.2, 0) is 4.79 Å². The number of benzene rings is 1. The van der Waals surface area contributed by atoms with E-state index in [1.807, 2.05) is 0 Å². The van der Waals surface area contributed by atoms with Gasteiger partial charge in [0.2, 0.25) is 5.91 Å². The second-order valence-corrected chi connectivity index (χ2v) is 5.73. The van der Waals surface area contributed by atoms with Crippen molar-refractivity contribution in [2.45, 2.75) is 38.5 Å². The molecule has 0 aromatic heterocycles. The molecule has 0 atom stereocenters. The van der Waals surface area contributed by atoms with Crippen LogP contribution in [0.1, 0.15) is 44.1 Å². The number of rotatable bonds is 6. The summed E-state index contributed by atoms with van der Waals surface area (Å²) in [4.78, 5) is 22.2. The van der Waals surface area contributed by atoms with Crippen molar-refractivity contribution < 1.29 is 9.72 Å². The predicted molar refractivity (Wildman–Crippen MR) is 86.3 cm³/mol. The summed E-state index contributed by atoms with van der Waals surface area (Å²) in [7, 11) is 0. The molecule has 1 aromatic carbocycles. The van der Waals surface area contributed by atoms with Gasteiger partial charge in [0.05, 0.1) is 10.5 Å². The molecule has 1 saturated carbocycles. The molecule has 0 heterocycles. The van der Waals surface area contributed by atoms with Crippen molar-refractivity contribution in [3.05, 3.63) is 46.0 Å². The molecular weight excluding hydrogens is 280 g/mol. The molecule has 1 amide bonds. The van der Waals surface area contributed by atoms with Crippen molar-refractivity contribution in [3.63, 3.8) is 0 Å². The minimum atomic E-state index is -0.444. The standard InChI is InChI=1S/C17H22N2O3/c20-17(18-13-12-14-6-2-1-3-7-14)11-10-15-8-4-5-9-16(15)19(21)22/h4-5,8-11,14H,1-3,6-7,12-13H2,(H,18,20)/b11-10+. The van der Waals surface area contributed by atoms with Gasteiger partial charge in [0.25, 0.3) is 5.69 Å². The molecule has 5 heteroatoms. The zero-order valence-electron chi connectivity index (χ0n) is 12.7. The maximum atomic E-state index is 11.8. The van der Waals surface area contributed by atoms with Crippen LogP contribution in [0.25, 0.3) is 6.08 Å². The average molecular weight is 302 g/mol. The molecule has 1 N–H and O–H groups in total. The van der Waals surface area contributed by atoms with Crippen molar-refractivity contribution in [2.75, 3.05) is 6.54 Å². The number of nitrogens with zero attached hydrogens (tertiary/aromatic N) is 1. The predicted octanol–water partition coefficient (Wildman–Crippen LogP) is 3.69. The molecule has 22 heavy (non-hydrogen) atoms. The number of nitro benzene ring substituents is 1. The zero-order chi connectivity index (χ0) is 15.8. The average Bonchev–Trinajstić information content (AvgIpc) is 2.54. The van der Waals surface area contributed by atoms with Gasteiger partial charge in [0.15, 0.2) is 0 Å². The first-order valence-electron chi connectivity index (χ1n) is 7.86. The summed E-state index contributed by atoms with van der Waals surface area (Å²) in [6.07, 6.45) is 10.3. The summed E-state index contributed by atoms with van der Waals surface area (Å²) in [5.74, 6) is 0.530. The van der Waals surface area contributed by atoms with Gasteiger partial charge < -0.3 is 5.32 Å². The Bertz CT molecular complexity index is 549. The number of nitro groups is 1. The van der Waals surface area contributed by atoms with Crippen LogP contribution in [0.4, 0.5) is 5.69 Å². The number of carbonyl (C=O) groups is 1. The van der Waals surface area contributed by atoms with Crippen LogP contribution in [0, 0.1) is 16.0 Å². The van der Waals surface area contributed by atoms with Crippen molar-refractivity contribution in [2.24, 2.45) is 5.92 Å². The molecule has 1 aliphatic rings. The van der Waals surface area contributed by atoms with Gasteiger partial charge >= 0.3 is 0 Å². The Morgan fingerprint density at radius 3 is 2.73 bits per heavy atom. The third-order valence-electron chi connectivity index (χ3n) is 4.12. The minimum absolute atomic E-state index is 0.00811. The Hall–Kier alpha value is -2.17. The summed E-state index contributed by atoms with van der Waals surface area (Å²) in [5.41, 5.74) is 0.448. The molecular formula is C17H22N2O3. The second-order valence-electron chi connectivity index (χ2n) is 5.73. The Labute approximate surface area is 130 Å². The Morgan fingerprint density at radius 2 is 2.00 bits per heavy atom. The monoisotopic (exact) mass is 302 g/mol. The zero-order valence-corrected chi connectivity index (χ0v) is 12.7. The smallest absolute Gasteiger partial charge is 0.276 e. The van der Waals surface area contributed by atoms with Gasteiger partial charge in [-0.25, -0.2) is 0 Å². The van der Waals surface area contributed by atoms with E-state index in [0.29, 0.717) is 12.1 Å². The molecule has 2 rings (SSSR count). The van der Waals surface area contributed by atoms with Crippen LogP contribution in [0.5, 0.6) is 0 Å². The lowest BCUT2D eigenvalue weighted by molar-refractivity contribution is -0.385. The molecule has 0 aliphatic heterocycles. The summed E-state index contributed by atoms with van der Waals surface area (Å²) in [5, 5.41) is 13.7. The fourth-order valence-electron chi connectivity index (χ4n) is 2.89. The summed E-state index contributed by atoms with van der Waals surface area (Å²) < 4.78 is 0. The van der Waals surface area contributed by atoms with E-state index >= 15 is 0 Å². The fourth-order valence-corrected chi connectivity index (χ4v) is 2.89. The Morgan fingerprint density at radius 1 is 1.27 bits per heavy atom. The molecule has 0 radical (unpaired) electrons. The highest BCUT2D eigenvalue weighted by atomic mass is 16.6. The lowest BCUT2D eigenvalue weighted by Gasteiger charge is -2.21. The molecule has 1 aromatic rings. The maximum Gasteiger partial charge on any atom is 0.276 e. The van der Waals surface area contributed by atoms with E-state index < -0.39 is 4.92 Å². The molecule has 0 spiro atoms. The summed E-state index contributed by atoms with van der Waals surface area (Å²) in [6.45, 7) is 0.671. The Balaban J connectivity index is 1.80. The molecule has 5 nitrogen and oxygen atoms in total. The van der Waals surface area contributed by atoms with Gasteiger partial charge in [0, 0.05) is 18.7 Å². The highest BCUT2D eigenvalue weighted by Gasteiger charge is 2.13. The summed E-state index contributed by atoms with van der Waals surface area (Å²) in [6, 6.07) is 6.39. The van der Waals surface area contributed by atoms with E-state index in [9.17, 15) is 14.9 Å². The van der Waals surface area contributed by atoms with E-state index in [-0.39, 0.29) is 11.6 Å². The van der Waals surface area contributed by atoms with Crippen LogP contribution in [0.3, 0.4) is 0 Å². The number of carbonyl (C=O) groups excluding carboxylic acids is 1. The van der Waals surface area contributed by atoms with E-state index in [0.717, 1.165) is 12.3 Å². The van der Waals surface area contributed by atoms with Crippen molar-refractivity contribution >= 4 is 17.7 Å². The van der Waals surface area contributed by atoms with Gasteiger partial charge in [-0.2, -0.15) is 0 Å². The number of amides is 1. The van der Waals surface area contributed by atoms with Crippen LogP contribution < -0.4 is 5.32 Å². The molecule has 0 bridgehead atoms. The highest BCUT2D eigenvalue weighted by molar-refractivity contribution is 5.92. The number of nitrogens with one attached hydrogen (secondary N) is 1. The molecule has 118 valence electrons. The quantitative estimate of drug-likeness (QED) is 0.495. The lowest BCUT2D eigenvalue weighted by atomic mass is 9.87. The Kier molecular flexibility index (Phi) is 6.13. The van der Waals surface area contributed by atoms with Crippen LogP contribution in [0.2, 0.25) is 0 Å². The first-order valence-corrected chi connectivity index (χ1v) is 7.86. The SMILES string of the molecule is O=C(/C=C/c1ccccc1[N+](=O)[O-])NCCC1CCCCC1. The maximum absolute atomic E-state index is 11.8. The lowest BCUT2D eigenvalue weighted by Crippen LogP contribution is -2.24. The number of para-hydroxylation sites is 1. The van der Waals surface area contributed by atoms with Gasteiger partial charge in [-0.15, -0.1) is 0 Å². The second kappa shape index (κ2) is 8.32. The molecule has 1 aliphatic carbocycles. The van der Waals surface area contributed by atoms with Crippen molar-refractivity contribution in [1.82, 2.24) is 5.32 Å². The van der Waals surface area contributed by atoms with Gasteiger partial charge in [-0.05, 0) is 24.5 Å². The largest absolute Gasteiger partial charge is 0.353 e. The van der Waals surface area contributed by atoms with Crippen LogP contribution in [-0.4, -0.2) is 17.4 Å².